The summed E-state index contributed by atoms with van der Waals surface area (Å²) in [7, 11) is 0. The van der Waals surface area contributed by atoms with Crippen LogP contribution in [0.25, 0.3) is 11.1 Å². The molecule has 1 aliphatic carbocycles. The van der Waals surface area contributed by atoms with Gasteiger partial charge in [-0.2, -0.15) is 0 Å². The lowest BCUT2D eigenvalue weighted by Crippen LogP contribution is -2.47. The average Bonchev–Trinajstić information content (AvgIpc) is 3.14. The molecule has 3 N–H and O–H groups in total. The van der Waals surface area contributed by atoms with Crippen LogP contribution in [0.3, 0.4) is 0 Å². The fraction of sp³-hybridized carbons (Fsp3) is 0.222. The van der Waals surface area contributed by atoms with Gasteiger partial charge in [0.25, 0.3) is 0 Å². The predicted octanol–water partition coefficient (Wildman–Crippen LogP) is 5.03. The molecule has 0 heterocycles. The third kappa shape index (κ3) is 5.01. The number of anilines is 1. The van der Waals surface area contributed by atoms with Crippen molar-refractivity contribution in [2.45, 2.75) is 25.8 Å². The van der Waals surface area contributed by atoms with Crippen LogP contribution in [0.1, 0.15) is 41.3 Å². The van der Waals surface area contributed by atoms with Crippen molar-refractivity contribution in [3.8, 4) is 11.1 Å². The molecule has 180 valence electrons. The SMILES string of the molecule is CC(C)[C@H](NC(=O)OCC1c2ccccc2-c2ccccc21)C(=O)Nc1ccc(C(=O)O)c(F)c1. The minimum atomic E-state index is -1.41. The van der Waals surface area contributed by atoms with Gasteiger partial charge in [-0.15, -0.1) is 0 Å². The van der Waals surface area contributed by atoms with Gasteiger partial charge in [-0.1, -0.05) is 62.4 Å². The molecule has 3 aromatic rings. The van der Waals surface area contributed by atoms with E-state index >= 15 is 0 Å². The van der Waals surface area contributed by atoms with E-state index in [4.69, 9.17) is 9.84 Å². The molecule has 35 heavy (non-hydrogen) atoms. The molecule has 7 nitrogen and oxygen atoms in total. The first-order valence-electron chi connectivity index (χ1n) is 11.2. The van der Waals surface area contributed by atoms with Gasteiger partial charge in [0.15, 0.2) is 0 Å². The van der Waals surface area contributed by atoms with Crippen molar-refractivity contribution in [3.05, 3.63) is 89.2 Å². The number of benzene rings is 3. The largest absolute Gasteiger partial charge is 0.478 e. The van der Waals surface area contributed by atoms with Gasteiger partial charge < -0.3 is 20.5 Å². The lowest BCUT2D eigenvalue weighted by molar-refractivity contribution is -0.119. The van der Waals surface area contributed by atoms with Crippen LogP contribution in [0, 0.1) is 11.7 Å². The lowest BCUT2D eigenvalue weighted by atomic mass is 9.98. The molecule has 0 aliphatic heterocycles. The standard InChI is InChI=1S/C27H25FN2O5/c1-15(2)24(25(31)29-16-11-12-21(26(32)33)23(28)13-16)30-27(34)35-14-22-19-9-5-3-7-17(19)18-8-4-6-10-20(18)22/h3-13,15,22,24H,14H2,1-2H3,(H,29,31)(H,30,34)(H,32,33)/t24-/m0/s1. The predicted molar refractivity (Wildman–Crippen MR) is 129 cm³/mol. The van der Waals surface area contributed by atoms with E-state index in [0.29, 0.717) is 0 Å². The number of carboxylic acids is 1. The maximum atomic E-state index is 14.0. The van der Waals surface area contributed by atoms with Gasteiger partial charge >= 0.3 is 12.1 Å². The Labute approximate surface area is 201 Å². The normalized spacial score (nSPS) is 13.0. The van der Waals surface area contributed by atoms with Crippen molar-refractivity contribution >= 4 is 23.7 Å². The van der Waals surface area contributed by atoms with Crippen molar-refractivity contribution in [1.82, 2.24) is 5.32 Å². The van der Waals surface area contributed by atoms with E-state index in [1.807, 2.05) is 48.5 Å². The number of aromatic carboxylic acids is 1. The Morgan fingerprint density at radius 3 is 2.11 bits per heavy atom. The molecular formula is C27H25FN2O5. The highest BCUT2D eigenvalue weighted by Crippen LogP contribution is 2.44. The zero-order valence-corrected chi connectivity index (χ0v) is 19.2. The molecule has 1 aliphatic rings. The molecule has 4 rings (SSSR count). The van der Waals surface area contributed by atoms with Crippen molar-refractivity contribution in [2.24, 2.45) is 5.92 Å². The number of hydrogen-bond acceptors (Lipinski definition) is 4. The molecule has 0 saturated heterocycles. The van der Waals surface area contributed by atoms with E-state index in [1.54, 1.807) is 13.8 Å². The number of carbonyl (C=O) groups excluding carboxylic acids is 2. The zero-order chi connectivity index (χ0) is 25.1. The molecule has 8 heteroatoms. The number of ether oxygens (including phenoxy) is 1. The average molecular weight is 477 g/mol. The van der Waals surface area contributed by atoms with Crippen LogP contribution in [-0.2, 0) is 9.53 Å². The summed E-state index contributed by atoms with van der Waals surface area (Å²) < 4.78 is 19.5. The molecule has 0 radical (unpaired) electrons. The number of carboxylic acid groups (broad SMARTS) is 1. The molecule has 0 bridgehead atoms. The summed E-state index contributed by atoms with van der Waals surface area (Å²) in [5, 5.41) is 14.1. The van der Waals surface area contributed by atoms with E-state index < -0.39 is 35.4 Å². The van der Waals surface area contributed by atoms with E-state index in [9.17, 15) is 18.8 Å². The topological polar surface area (TPSA) is 105 Å². The zero-order valence-electron chi connectivity index (χ0n) is 19.2. The Bertz CT molecular complexity index is 1240. The maximum Gasteiger partial charge on any atom is 0.407 e. The summed E-state index contributed by atoms with van der Waals surface area (Å²) in [6.45, 7) is 3.61. The van der Waals surface area contributed by atoms with Gasteiger partial charge in [-0.3, -0.25) is 4.79 Å². The van der Waals surface area contributed by atoms with Crippen LogP contribution in [0.15, 0.2) is 66.7 Å². The quantitative estimate of drug-likeness (QED) is 0.444. The van der Waals surface area contributed by atoms with Crippen LogP contribution in [0.5, 0.6) is 0 Å². The molecule has 0 aromatic heterocycles. The van der Waals surface area contributed by atoms with E-state index in [2.05, 4.69) is 10.6 Å². The highest BCUT2D eigenvalue weighted by atomic mass is 19.1. The fourth-order valence-corrected chi connectivity index (χ4v) is 4.29. The van der Waals surface area contributed by atoms with Gasteiger partial charge in [-0.25, -0.2) is 14.0 Å². The van der Waals surface area contributed by atoms with Crippen LogP contribution in [-0.4, -0.2) is 35.7 Å². The molecule has 0 spiro atoms. The third-order valence-electron chi connectivity index (χ3n) is 6.03. The van der Waals surface area contributed by atoms with Gasteiger partial charge in [0.2, 0.25) is 5.91 Å². The fourth-order valence-electron chi connectivity index (χ4n) is 4.29. The number of nitrogens with one attached hydrogen (secondary N) is 2. The summed E-state index contributed by atoms with van der Waals surface area (Å²) in [6, 6.07) is 18.3. The summed E-state index contributed by atoms with van der Waals surface area (Å²) in [5.41, 5.74) is 3.95. The van der Waals surface area contributed by atoms with Crippen molar-refractivity contribution in [1.29, 1.82) is 0 Å². The van der Waals surface area contributed by atoms with Gasteiger partial charge in [0.1, 0.15) is 18.5 Å². The molecule has 0 unspecified atom stereocenters. The van der Waals surface area contributed by atoms with Gasteiger partial charge in [0, 0.05) is 11.6 Å². The van der Waals surface area contributed by atoms with Crippen molar-refractivity contribution in [2.75, 3.05) is 11.9 Å². The lowest BCUT2D eigenvalue weighted by Gasteiger charge is -2.22. The first kappa shape index (κ1) is 23.9. The Morgan fingerprint density at radius 1 is 0.971 bits per heavy atom. The van der Waals surface area contributed by atoms with Crippen molar-refractivity contribution < 1.29 is 28.6 Å². The Balaban J connectivity index is 1.41. The van der Waals surface area contributed by atoms with Crippen LogP contribution in [0.4, 0.5) is 14.9 Å². The minimum Gasteiger partial charge on any atom is -0.478 e. The molecule has 0 fully saturated rings. The third-order valence-corrected chi connectivity index (χ3v) is 6.03. The molecule has 3 aromatic carbocycles. The van der Waals surface area contributed by atoms with E-state index in [0.717, 1.165) is 34.4 Å². The van der Waals surface area contributed by atoms with E-state index in [-0.39, 0.29) is 24.1 Å². The van der Waals surface area contributed by atoms with Crippen LogP contribution >= 0.6 is 0 Å². The number of carbonyl (C=O) groups is 3. The number of halogens is 1. The van der Waals surface area contributed by atoms with Gasteiger partial charge in [-0.05, 0) is 46.4 Å². The second kappa shape index (κ2) is 9.97. The first-order valence-corrected chi connectivity index (χ1v) is 11.2. The van der Waals surface area contributed by atoms with E-state index in [1.165, 1.54) is 6.07 Å². The summed E-state index contributed by atoms with van der Waals surface area (Å²) >= 11 is 0. The number of hydrogen-bond donors (Lipinski definition) is 3. The minimum absolute atomic E-state index is 0.0810. The summed E-state index contributed by atoms with van der Waals surface area (Å²) in [6.07, 6.45) is -0.742. The highest BCUT2D eigenvalue weighted by molar-refractivity contribution is 5.97. The maximum absolute atomic E-state index is 14.0. The second-order valence-corrected chi connectivity index (χ2v) is 8.68. The molecule has 1 atom stereocenters. The first-order chi connectivity index (χ1) is 16.8. The molecular weight excluding hydrogens is 451 g/mol. The Hall–Kier alpha value is -4.20. The summed E-state index contributed by atoms with van der Waals surface area (Å²) in [5.74, 6) is -3.36. The van der Waals surface area contributed by atoms with Crippen LogP contribution in [0.2, 0.25) is 0 Å². The molecule has 0 saturated carbocycles. The Morgan fingerprint density at radius 2 is 1.57 bits per heavy atom. The smallest absolute Gasteiger partial charge is 0.407 e. The Kier molecular flexibility index (Phi) is 6.82. The highest BCUT2D eigenvalue weighted by Gasteiger charge is 2.30. The summed E-state index contributed by atoms with van der Waals surface area (Å²) in [4.78, 5) is 36.4. The second-order valence-electron chi connectivity index (χ2n) is 8.68. The van der Waals surface area contributed by atoms with Crippen LogP contribution < -0.4 is 10.6 Å². The molecule has 2 amide bonds. The number of rotatable bonds is 7. The number of alkyl carbamates (subject to hydrolysis) is 1. The monoisotopic (exact) mass is 476 g/mol. The number of fused-ring (bicyclic) bond motifs is 3. The van der Waals surface area contributed by atoms with Crippen molar-refractivity contribution in [3.63, 3.8) is 0 Å². The number of amides is 2. The van der Waals surface area contributed by atoms with Gasteiger partial charge in [0.05, 0.1) is 5.56 Å².